The first-order chi connectivity index (χ1) is 18.5. The van der Waals surface area contributed by atoms with Crippen molar-refractivity contribution in [2.45, 2.75) is 17.7 Å². The van der Waals surface area contributed by atoms with Crippen molar-refractivity contribution < 1.29 is 28.2 Å². The summed E-state index contributed by atoms with van der Waals surface area (Å²) in [5.74, 6) is -1.71. The standard InChI is InChI=1S/C16H17NO2.C15H14O4S/c1-17(2)14-9-7-12(8-10-14)15-6-4-3-5-13(15)11-16(18)19;1-20(18,19)13-8-6-11(7-9-13)14-5-3-2-4-12(14)10-15(16)17/h3-10H,11H2,1-2H3,(H,18,19);2-9H,10H2,1H3,(H,16,17). The van der Waals surface area contributed by atoms with Gasteiger partial charge in [0.2, 0.25) is 0 Å². The van der Waals surface area contributed by atoms with Crippen molar-refractivity contribution in [1.29, 1.82) is 0 Å². The van der Waals surface area contributed by atoms with Crippen LogP contribution in [-0.4, -0.2) is 50.9 Å². The van der Waals surface area contributed by atoms with E-state index in [0.717, 1.165) is 39.8 Å². The van der Waals surface area contributed by atoms with Crippen LogP contribution in [0, 0.1) is 0 Å². The summed E-state index contributed by atoms with van der Waals surface area (Å²) in [6.07, 6.45) is 1.13. The van der Waals surface area contributed by atoms with Crippen molar-refractivity contribution in [2.75, 3.05) is 25.3 Å². The van der Waals surface area contributed by atoms with Crippen molar-refractivity contribution in [1.82, 2.24) is 0 Å². The topological polar surface area (TPSA) is 112 Å². The van der Waals surface area contributed by atoms with Crippen LogP contribution in [0.2, 0.25) is 0 Å². The van der Waals surface area contributed by atoms with Gasteiger partial charge in [-0.2, -0.15) is 0 Å². The highest BCUT2D eigenvalue weighted by atomic mass is 32.2. The Hall–Kier alpha value is -4.43. The number of nitrogens with zero attached hydrogens (tertiary/aromatic N) is 1. The second-order valence-corrected chi connectivity index (χ2v) is 11.2. The van der Waals surface area contributed by atoms with E-state index >= 15 is 0 Å². The number of sulfone groups is 1. The van der Waals surface area contributed by atoms with Crippen LogP contribution in [0.5, 0.6) is 0 Å². The Bertz CT molecular complexity index is 1540. The summed E-state index contributed by atoms with van der Waals surface area (Å²) in [6.45, 7) is 0. The fourth-order valence-corrected chi connectivity index (χ4v) is 4.69. The summed E-state index contributed by atoms with van der Waals surface area (Å²) in [6, 6.07) is 29.4. The molecule has 2 N–H and O–H groups in total. The molecule has 8 heteroatoms. The number of hydrogen-bond donors (Lipinski definition) is 2. The van der Waals surface area contributed by atoms with E-state index in [0.29, 0.717) is 5.56 Å². The maximum Gasteiger partial charge on any atom is 0.307 e. The van der Waals surface area contributed by atoms with Gasteiger partial charge in [0.25, 0.3) is 0 Å². The predicted octanol–water partition coefficient (Wildman–Crippen LogP) is 5.43. The minimum atomic E-state index is -3.23. The molecular formula is C31H31NO6S. The lowest BCUT2D eigenvalue weighted by Crippen LogP contribution is -2.08. The van der Waals surface area contributed by atoms with E-state index in [1.165, 1.54) is 12.1 Å². The third-order valence-corrected chi connectivity index (χ3v) is 7.13. The van der Waals surface area contributed by atoms with Crippen molar-refractivity contribution in [2.24, 2.45) is 0 Å². The third kappa shape index (κ3) is 8.28. The van der Waals surface area contributed by atoms with Gasteiger partial charge in [-0.25, -0.2) is 8.42 Å². The molecular weight excluding hydrogens is 514 g/mol. The number of rotatable bonds is 8. The first-order valence-corrected chi connectivity index (χ1v) is 14.0. The number of carbonyl (C=O) groups is 2. The Morgan fingerprint density at radius 3 is 1.38 bits per heavy atom. The van der Waals surface area contributed by atoms with Gasteiger partial charge in [-0.3, -0.25) is 9.59 Å². The van der Waals surface area contributed by atoms with Crippen LogP contribution >= 0.6 is 0 Å². The van der Waals surface area contributed by atoms with Crippen LogP contribution in [0.3, 0.4) is 0 Å². The number of hydrogen-bond acceptors (Lipinski definition) is 5. The van der Waals surface area contributed by atoms with E-state index < -0.39 is 21.8 Å². The molecule has 0 aliphatic rings. The lowest BCUT2D eigenvalue weighted by molar-refractivity contribution is -0.137. The van der Waals surface area contributed by atoms with Gasteiger partial charge in [0, 0.05) is 26.0 Å². The molecule has 0 aliphatic heterocycles. The van der Waals surface area contributed by atoms with Crippen molar-refractivity contribution in [3.8, 4) is 22.3 Å². The van der Waals surface area contributed by atoms with Gasteiger partial charge in [0.15, 0.2) is 9.84 Å². The van der Waals surface area contributed by atoms with E-state index in [1.54, 1.807) is 24.3 Å². The maximum atomic E-state index is 11.4. The summed E-state index contributed by atoms with van der Waals surface area (Å²) in [4.78, 5) is 24.0. The number of anilines is 1. The van der Waals surface area contributed by atoms with E-state index in [2.05, 4.69) is 0 Å². The van der Waals surface area contributed by atoms with E-state index in [-0.39, 0.29) is 17.7 Å². The Morgan fingerprint density at radius 1 is 0.641 bits per heavy atom. The zero-order valence-corrected chi connectivity index (χ0v) is 22.9. The maximum absolute atomic E-state index is 11.4. The average molecular weight is 546 g/mol. The molecule has 4 rings (SSSR count). The second-order valence-electron chi connectivity index (χ2n) is 9.19. The Kier molecular flexibility index (Phi) is 9.62. The Balaban J connectivity index is 0.000000216. The zero-order chi connectivity index (χ0) is 28.6. The quantitative estimate of drug-likeness (QED) is 0.304. The van der Waals surface area contributed by atoms with Crippen molar-refractivity contribution in [3.05, 3.63) is 108 Å². The molecule has 202 valence electrons. The summed E-state index contributed by atoms with van der Waals surface area (Å²) < 4.78 is 22.8. The first-order valence-electron chi connectivity index (χ1n) is 12.1. The highest BCUT2D eigenvalue weighted by Gasteiger charge is 2.11. The Morgan fingerprint density at radius 2 is 1.03 bits per heavy atom. The van der Waals surface area contributed by atoms with E-state index in [1.807, 2.05) is 79.7 Å². The minimum absolute atomic E-state index is 0.0472. The van der Waals surface area contributed by atoms with Gasteiger partial charge in [-0.05, 0) is 57.6 Å². The molecule has 0 atom stereocenters. The van der Waals surface area contributed by atoms with Gasteiger partial charge < -0.3 is 15.1 Å². The lowest BCUT2D eigenvalue weighted by Gasteiger charge is -2.13. The lowest BCUT2D eigenvalue weighted by atomic mass is 9.97. The number of carboxylic acid groups (broad SMARTS) is 2. The molecule has 0 radical (unpaired) electrons. The molecule has 0 fully saturated rings. The van der Waals surface area contributed by atoms with Gasteiger partial charge in [0.1, 0.15) is 0 Å². The molecule has 0 aliphatic carbocycles. The first kappa shape index (κ1) is 29.1. The van der Waals surface area contributed by atoms with Crippen LogP contribution in [-0.2, 0) is 32.3 Å². The summed E-state index contributed by atoms with van der Waals surface area (Å²) in [5, 5.41) is 17.9. The number of benzene rings is 4. The van der Waals surface area contributed by atoms with Crippen LogP contribution in [0.4, 0.5) is 5.69 Å². The molecule has 0 bridgehead atoms. The molecule has 0 saturated carbocycles. The number of carboxylic acids is 2. The fourth-order valence-electron chi connectivity index (χ4n) is 4.06. The zero-order valence-electron chi connectivity index (χ0n) is 22.0. The smallest absolute Gasteiger partial charge is 0.307 e. The van der Waals surface area contributed by atoms with Gasteiger partial charge >= 0.3 is 11.9 Å². The minimum Gasteiger partial charge on any atom is -0.481 e. The Labute approximate surface area is 228 Å². The molecule has 0 spiro atoms. The predicted molar refractivity (Wildman–Crippen MR) is 154 cm³/mol. The second kappa shape index (κ2) is 12.9. The molecule has 4 aromatic carbocycles. The van der Waals surface area contributed by atoms with E-state index in [4.69, 9.17) is 10.2 Å². The molecule has 0 amide bonds. The molecule has 4 aromatic rings. The summed E-state index contributed by atoms with van der Waals surface area (Å²) >= 11 is 0. The van der Waals surface area contributed by atoms with Crippen LogP contribution in [0.25, 0.3) is 22.3 Å². The molecule has 7 nitrogen and oxygen atoms in total. The molecule has 0 heterocycles. The molecule has 0 saturated heterocycles. The van der Waals surface area contributed by atoms with Crippen LogP contribution in [0.1, 0.15) is 11.1 Å². The molecule has 0 aromatic heterocycles. The van der Waals surface area contributed by atoms with Crippen molar-refractivity contribution in [3.63, 3.8) is 0 Å². The highest BCUT2D eigenvalue weighted by molar-refractivity contribution is 7.90. The summed E-state index contributed by atoms with van der Waals surface area (Å²) in [7, 11) is 0.762. The van der Waals surface area contributed by atoms with Crippen molar-refractivity contribution >= 4 is 27.5 Å². The monoisotopic (exact) mass is 545 g/mol. The van der Waals surface area contributed by atoms with Gasteiger partial charge in [-0.15, -0.1) is 0 Å². The highest BCUT2D eigenvalue weighted by Crippen LogP contribution is 2.27. The van der Waals surface area contributed by atoms with Crippen LogP contribution in [0.15, 0.2) is 102 Å². The number of aliphatic carboxylic acids is 2. The fraction of sp³-hybridized carbons (Fsp3) is 0.161. The molecule has 39 heavy (non-hydrogen) atoms. The average Bonchev–Trinajstić information content (AvgIpc) is 2.89. The van der Waals surface area contributed by atoms with E-state index in [9.17, 15) is 18.0 Å². The third-order valence-electron chi connectivity index (χ3n) is 6.01. The van der Waals surface area contributed by atoms with Gasteiger partial charge in [-0.1, -0.05) is 72.8 Å². The van der Waals surface area contributed by atoms with Crippen LogP contribution < -0.4 is 4.90 Å². The molecule has 0 unspecified atom stereocenters. The largest absolute Gasteiger partial charge is 0.481 e. The summed E-state index contributed by atoms with van der Waals surface area (Å²) in [5.41, 5.74) is 6.29. The van der Waals surface area contributed by atoms with Gasteiger partial charge in [0.05, 0.1) is 17.7 Å². The SMILES string of the molecule is CN(C)c1ccc(-c2ccccc2CC(=O)O)cc1.CS(=O)(=O)c1ccc(-c2ccccc2CC(=O)O)cc1. The normalized spacial score (nSPS) is 10.7.